The third-order valence-corrected chi connectivity index (χ3v) is 5.69. The number of rotatable bonds is 8. The lowest BCUT2D eigenvalue weighted by Crippen LogP contribution is -2.51. The maximum Gasteiger partial charge on any atom is 0.420 e. The van der Waals surface area contributed by atoms with E-state index in [9.17, 15) is 19.5 Å². The Kier molecular flexibility index (Phi) is 8.18. The first-order chi connectivity index (χ1) is 17.0. The van der Waals surface area contributed by atoms with E-state index in [-0.39, 0.29) is 37.9 Å². The van der Waals surface area contributed by atoms with Crippen LogP contribution in [0.3, 0.4) is 0 Å². The summed E-state index contributed by atoms with van der Waals surface area (Å²) >= 11 is 0. The van der Waals surface area contributed by atoms with Gasteiger partial charge in [0.25, 0.3) is 0 Å². The van der Waals surface area contributed by atoms with E-state index in [2.05, 4.69) is 5.32 Å². The van der Waals surface area contributed by atoms with Crippen molar-refractivity contribution in [2.24, 2.45) is 5.73 Å². The van der Waals surface area contributed by atoms with Crippen molar-refractivity contribution in [3.8, 4) is 11.1 Å². The van der Waals surface area contributed by atoms with E-state index >= 15 is 0 Å². The van der Waals surface area contributed by atoms with Gasteiger partial charge < -0.3 is 25.6 Å². The van der Waals surface area contributed by atoms with Crippen molar-refractivity contribution in [3.05, 3.63) is 59.7 Å². The summed E-state index contributed by atoms with van der Waals surface area (Å²) in [7, 11) is 0. The minimum atomic E-state index is -1.52. The van der Waals surface area contributed by atoms with Crippen LogP contribution in [0.2, 0.25) is 0 Å². The van der Waals surface area contributed by atoms with Gasteiger partial charge >= 0.3 is 18.2 Å². The number of carboxylic acid groups (broad SMARTS) is 1. The first-order valence-corrected chi connectivity index (χ1v) is 11.7. The number of hydrogen-bond acceptors (Lipinski definition) is 6. The Hall–Kier alpha value is -4.08. The molecular formula is C26H32N4O6. The number of carbonyl (C=O) groups is 3. The lowest BCUT2D eigenvalue weighted by Gasteiger charge is -2.30. The number of guanidine groups is 1. The van der Waals surface area contributed by atoms with Crippen LogP contribution in [0.4, 0.5) is 9.59 Å². The standard InChI is InChI=1S/C26H32N4O6/c1-26(2,3)36-25(34)30(21(22(31)32)13-8-14-29-23(27)28)24(33)35-15-20-18-11-6-4-9-16(18)17-10-5-7-12-19(17)20/h4-7,9-12,20-21H,8,13-15H2,1-3H3,(H,31,32)(H4,27,28,29). The van der Waals surface area contributed by atoms with Gasteiger partial charge in [0.05, 0.1) is 0 Å². The van der Waals surface area contributed by atoms with Crippen LogP contribution in [-0.2, 0) is 14.3 Å². The van der Waals surface area contributed by atoms with Gasteiger partial charge in [-0.05, 0) is 55.9 Å². The molecule has 36 heavy (non-hydrogen) atoms. The molecule has 2 aromatic carbocycles. The zero-order valence-corrected chi connectivity index (χ0v) is 20.6. The van der Waals surface area contributed by atoms with Gasteiger partial charge in [0.15, 0.2) is 5.96 Å². The SMILES string of the molecule is CC(C)(C)OC(=O)N(C(=O)OCC1c2ccccc2-c2ccccc21)C(CCCNC(=N)N)C(=O)O. The van der Waals surface area contributed by atoms with Crippen molar-refractivity contribution >= 4 is 24.1 Å². The molecule has 0 saturated heterocycles. The molecule has 0 aliphatic heterocycles. The van der Waals surface area contributed by atoms with E-state index in [1.54, 1.807) is 20.8 Å². The average molecular weight is 497 g/mol. The second-order valence-electron chi connectivity index (χ2n) is 9.49. The molecule has 1 unspecified atom stereocenters. The highest BCUT2D eigenvalue weighted by atomic mass is 16.6. The highest BCUT2D eigenvalue weighted by Crippen LogP contribution is 2.44. The molecule has 3 rings (SSSR count). The van der Waals surface area contributed by atoms with Crippen LogP contribution in [0.25, 0.3) is 11.1 Å². The highest BCUT2D eigenvalue weighted by molar-refractivity contribution is 5.93. The number of nitrogens with two attached hydrogens (primary N) is 1. The van der Waals surface area contributed by atoms with Crippen LogP contribution in [0, 0.1) is 5.41 Å². The van der Waals surface area contributed by atoms with Crippen LogP contribution in [-0.4, -0.2) is 58.9 Å². The fourth-order valence-electron chi connectivity index (χ4n) is 4.19. The molecule has 10 heteroatoms. The molecule has 192 valence electrons. The number of imide groups is 1. The van der Waals surface area contributed by atoms with Gasteiger partial charge in [-0.25, -0.2) is 14.4 Å². The van der Waals surface area contributed by atoms with Gasteiger partial charge in [-0.2, -0.15) is 4.90 Å². The molecular weight excluding hydrogens is 464 g/mol. The number of aliphatic carboxylic acids is 1. The maximum absolute atomic E-state index is 13.2. The minimum absolute atomic E-state index is 0.0790. The number of hydrogen-bond donors (Lipinski definition) is 4. The molecule has 0 radical (unpaired) electrons. The van der Waals surface area contributed by atoms with E-state index in [1.807, 2.05) is 48.5 Å². The van der Waals surface area contributed by atoms with E-state index in [4.69, 9.17) is 20.6 Å². The predicted octanol–water partition coefficient (Wildman–Crippen LogP) is 3.89. The van der Waals surface area contributed by atoms with Gasteiger partial charge in [-0.15, -0.1) is 0 Å². The summed E-state index contributed by atoms with van der Waals surface area (Å²) < 4.78 is 10.9. The van der Waals surface area contributed by atoms with Crippen molar-refractivity contribution in [2.45, 2.75) is 51.2 Å². The monoisotopic (exact) mass is 496 g/mol. The summed E-state index contributed by atoms with van der Waals surface area (Å²) in [6.45, 7) is 4.98. The molecule has 1 aliphatic carbocycles. The zero-order valence-electron chi connectivity index (χ0n) is 20.6. The molecule has 2 amide bonds. The Morgan fingerprint density at radius 3 is 2.11 bits per heavy atom. The second-order valence-corrected chi connectivity index (χ2v) is 9.49. The van der Waals surface area contributed by atoms with E-state index in [0.717, 1.165) is 22.3 Å². The molecule has 0 fully saturated rings. The van der Waals surface area contributed by atoms with Crippen LogP contribution in [0.15, 0.2) is 48.5 Å². The van der Waals surface area contributed by atoms with Gasteiger partial charge in [-0.1, -0.05) is 48.5 Å². The molecule has 0 aromatic heterocycles. The van der Waals surface area contributed by atoms with Crippen molar-refractivity contribution in [1.82, 2.24) is 10.2 Å². The van der Waals surface area contributed by atoms with Crippen molar-refractivity contribution < 1.29 is 29.0 Å². The number of carbonyl (C=O) groups excluding carboxylic acids is 2. The van der Waals surface area contributed by atoms with Crippen LogP contribution >= 0.6 is 0 Å². The third kappa shape index (κ3) is 6.32. The quantitative estimate of drug-likeness (QED) is 0.244. The van der Waals surface area contributed by atoms with Crippen molar-refractivity contribution in [3.63, 3.8) is 0 Å². The number of amides is 2. The molecule has 5 N–H and O–H groups in total. The van der Waals surface area contributed by atoms with Crippen LogP contribution in [0.1, 0.15) is 50.7 Å². The molecule has 0 bridgehead atoms. The summed E-state index contributed by atoms with van der Waals surface area (Å²) in [5, 5.41) is 19.6. The number of carboxylic acids is 1. The Balaban J connectivity index is 1.81. The smallest absolute Gasteiger partial charge is 0.420 e. The summed E-state index contributed by atoms with van der Waals surface area (Å²) in [4.78, 5) is 38.8. The predicted molar refractivity (Wildman–Crippen MR) is 134 cm³/mol. The number of nitrogens with zero attached hydrogens (tertiary/aromatic N) is 1. The first-order valence-electron chi connectivity index (χ1n) is 11.7. The number of nitrogens with one attached hydrogen (secondary N) is 2. The van der Waals surface area contributed by atoms with E-state index in [0.29, 0.717) is 4.90 Å². The zero-order chi connectivity index (χ0) is 26.5. The first kappa shape index (κ1) is 26.5. The van der Waals surface area contributed by atoms with Gasteiger partial charge in [-0.3, -0.25) is 5.41 Å². The Morgan fingerprint density at radius 2 is 1.61 bits per heavy atom. The molecule has 0 spiro atoms. The summed E-state index contributed by atoms with van der Waals surface area (Å²) in [6, 6.07) is 14.1. The van der Waals surface area contributed by atoms with Crippen molar-refractivity contribution in [2.75, 3.05) is 13.2 Å². The molecule has 0 heterocycles. The lowest BCUT2D eigenvalue weighted by molar-refractivity contribution is -0.143. The normalized spacial score (nSPS) is 13.2. The minimum Gasteiger partial charge on any atom is -0.480 e. The van der Waals surface area contributed by atoms with Crippen LogP contribution in [0.5, 0.6) is 0 Å². The Labute approximate surface area is 209 Å². The Morgan fingerprint density at radius 1 is 1.06 bits per heavy atom. The molecule has 10 nitrogen and oxygen atoms in total. The molecule has 2 aromatic rings. The average Bonchev–Trinajstić information content (AvgIpc) is 3.11. The maximum atomic E-state index is 13.2. The summed E-state index contributed by atoms with van der Waals surface area (Å²) in [6.07, 6.45) is -2.06. The number of fused-ring (bicyclic) bond motifs is 3. The van der Waals surface area contributed by atoms with E-state index < -0.39 is 29.8 Å². The third-order valence-electron chi connectivity index (χ3n) is 5.69. The number of benzene rings is 2. The van der Waals surface area contributed by atoms with Gasteiger partial charge in [0, 0.05) is 12.5 Å². The number of ether oxygens (including phenoxy) is 2. The molecule has 1 atom stereocenters. The topological polar surface area (TPSA) is 155 Å². The lowest BCUT2D eigenvalue weighted by atomic mass is 9.98. The van der Waals surface area contributed by atoms with E-state index in [1.165, 1.54) is 0 Å². The highest BCUT2D eigenvalue weighted by Gasteiger charge is 2.39. The largest absolute Gasteiger partial charge is 0.480 e. The molecule has 0 saturated carbocycles. The fraction of sp³-hybridized carbons (Fsp3) is 0.385. The molecule has 1 aliphatic rings. The van der Waals surface area contributed by atoms with Crippen LogP contribution < -0.4 is 11.1 Å². The van der Waals surface area contributed by atoms with Gasteiger partial charge in [0.2, 0.25) is 0 Å². The fourth-order valence-corrected chi connectivity index (χ4v) is 4.19. The second kappa shape index (κ2) is 11.1. The Bertz CT molecular complexity index is 1100. The van der Waals surface area contributed by atoms with Gasteiger partial charge in [0.1, 0.15) is 18.2 Å². The summed E-state index contributed by atoms with van der Waals surface area (Å²) in [5.41, 5.74) is 8.35. The summed E-state index contributed by atoms with van der Waals surface area (Å²) in [5.74, 6) is -1.90. The van der Waals surface area contributed by atoms with Crippen molar-refractivity contribution in [1.29, 1.82) is 5.41 Å².